The third kappa shape index (κ3) is 15.5. The molecule has 3 rings (SSSR count). The van der Waals surface area contributed by atoms with Crippen LogP contribution in [-0.2, 0) is 20.9 Å². The van der Waals surface area contributed by atoms with Crippen LogP contribution in [0.5, 0.6) is 5.75 Å². The molecule has 13 nitrogen and oxygen atoms in total. The molecule has 0 aliphatic rings. The smallest absolute Gasteiger partial charge is 0.490 e. The van der Waals surface area contributed by atoms with Crippen molar-refractivity contribution in [2.24, 2.45) is 16.5 Å². The van der Waals surface area contributed by atoms with Gasteiger partial charge in [0.15, 0.2) is 5.96 Å². The standard InChI is InChI=1S/C32H41N7O4.C2HF3O2/c33-19-7-8-20-36-32(43)39-31(34)35-21-9-14-27(29(41)37-22-23-15-17-26(40)18-16-23)38-30(42)28(24-10-3-1-4-11-24)25-12-5-2-6-13-25;3-2(4,5)1(6)7/h1-6,10-13,15-18,27-28,40H,7-9,14,19-22,33H2,(H,37,41)(H,38,42)(H4,34,35,36,39,43);(H,6,7)/t27-;/m1./s1. The number of aliphatic imine (C=N–C) groups is 1. The highest BCUT2D eigenvalue weighted by Crippen LogP contribution is 2.25. The summed E-state index contributed by atoms with van der Waals surface area (Å²) in [5, 5.41) is 27.7. The summed E-state index contributed by atoms with van der Waals surface area (Å²) in [7, 11) is 0. The molecule has 50 heavy (non-hydrogen) atoms. The number of phenolic OH excluding ortho intramolecular Hbond substituents is 1. The number of hydrogen-bond donors (Lipinski definition) is 8. The first-order chi connectivity index (χ1) is 23.8. The Bertz CT molecular complexity index is 1490. The van der Waals surface area contributed by atoms with E-state index >= 15 is 0 Å². The molecule has 0 aliphatic heterocycles. The lowest BCUT2D eigenvalue weighted by Gasteiger charge is -2.23. The Hall–Kier alpha value is -5.64. The third-order valence-electron chi connectivity index (χ3n) is 6.90. The highest BCUT2D eigenvalue weighted by Gasteiger charge is 2.38. The van der Waals surface area contributed by atoms with E-state index in [1.807, 2.05) is 60.7 Å². The quantitative estimate of drug-likeness (QED) is 0.0667. The Kier molecular flexibility index (Phi) is 17.3. The topological polar surface area (TPSA) is 221 Å². The van der Waals surface area contributed by atoms with Crippen LogP contribution >= 0.6 is 0 Å². The van der Waals surface area contributed by atoms with Crippen LogP contribution in [0, 0.1) is 0 Å². The first-order valence-electron chi connectivity index (χ1n) is 15.6. The summed E-state index contributed by atoms with van der Waals surface area (Å²) in [5.41, 5.74) is 13.7. The van der Waals surface area contributed by atoms with Gasteiger partial charge in [0.1, 0.15) is 11.8 Å². The second-order valence-corrected chi connectivity index (χ2v) is 10.8. The number of carboxylic acids is 1. The van der Waals surface area contributed by atoms with Crippen LogP contribution in [0.2, 0.25) is 0 Å². The largest absolute Gasteiger partial charge is 0.508 e. The summed E-state index contributed by atoms with van der Waals surface area (Å²) < 4.78 is 31.7. The summed E-state index contributed by atoms with van der Waals surface area (Å²) in [5.74, 6) is -3.94. The molecule has 16 heteroatoms. The minimum Gasteiger partial charge on any atom is -0.508 e. The molecule has 10 N–H and O–H groups in total. The number of nitrogens with zero attached hydrogens (tertiary/aromatic N) is 1. The highest BCUT2D eigenvalue weighted by atomic mass is 19.4. The molecular formula is C34H42F3N7O6. The second kappa shape index (κ2) is 21.4. The van der Waals surface area contributed by atoms with E-state index < -0.39 is 30.1 Å². The highest BCUT2D eigenvalue weighted by molar-refractivity contribution is 5.95. The van der Waals surface area contributed by atoms with Gasteiger partial charge in [-0.2, -0.15) is 13.2 Å². The van der Waals surface area contributed by atoms with E-state index in [1.165, 1.54) is 0 Å². The molecule has 3 aromatic rings. The van der Waals surface area contributed by atoms with Gasteiger partial charge in [-0.1, -0.05) is 72.8 Å². The molecular weight excluding hydrogens is 659 g/mol. The number of benzene rings is 3. The van der Waals surface area contributed by atoms with Crippen molar-refractivity contribution in [2.45, 2.75) is 50.4 Å². The minimum atomic E-state index is -5.08. The SMILES string of the molecule is NCCCCNC(=O)NC(N)=NCCC[C@@H](NC(=O)C(c1ccccc1)c1ccccc1)C(=O)NCc1ccc(O)cc1.O=C(O)C(F)(F)F. The number of unbranched alkanes of at least 4 members (excludes halogenated alkanes) is 1. The molecule has 0 saturated carbocycles. The van der Waals surface area contributed by atoms with Crippen LogP contribution in [0.25, 0.3) is 0 Å². The van der Waals surface area contributed by atoms with Crippen LogP contribution in [0.15, 0.2) is 89.9 Å². The Balaban J connectivity index is 0.00000112. The number of carbonyl (C=O) groups is 4. The Labute approximate surface area is 287 Å². The van der Waals surface area contributed by atoms with Crippen LogP contribution in [0.4, 0.5) is 18.0 Å². The molecule has 0 aromatic heterocycles. The number of hydrogen-bond acceptors (Lipinski definition) is 7. The van der Waals surface area contributed by atoms with E-state index in [0.717, 1.165) is 29.5 Å². The fourth-order valence-electron chi connectivity index (χ4n) is 4.40. The fourth-order valence-corrected chi connectivity index (χ4v) is 4.40. The summed E-state index contributed by atoms with van der Waals surface area (Å²) in [6, 6.07) is 24.0. The maximum atomic E-state index is 13.7. The number of alkyl halides is 3. The van der Waals surface area contributed by atoms with E-state index in [2.05, 4.69) is 26.3 Å². The minimum absolute atomic E-state index is 0.0399. The number of carbonyl (C=O) groups excluding carboxylic acids is 3. The van der Waals surface area contributed by atoms with Gasteiger partial charge in [0.25, 0.3) is 0 Å². The number of aromatic hydroxyl groups is 1. The van der Waals surface area contributed by atoms with Gasteiger partial charge in [-0.05, 0) is 61.1 Å². The fraction of sp³-hybridized carbons (Fsp3) is 0.324. The van der Waals surface area contributed by atoms with Crippen molar-refractivity contribution in [3.05, 3.63) is 102 Å². The van der Waals surface area contributed by atoms with E-state index in [4.69, 9.17) is 21.4 Å². The molecule has 0 aliphatic carbocycles. The summed E-state index contributed by atoms with van der Waals surface area (Å²) in [4.78, 5) is 52.1. The van der Waals surface area contributed by atoms with Gasteiger partial charge < -0.3 is 37.6 Å². The maximum absolute atomic E-state index is 13.7. The molecule has 0 heterocycles. The normalized spacial score (nSPS) is 11.8. The molecule has 270 valence electrons. The maximum Gasteiger partial charge on any atom is 0.490 e. The van der Waals surface area contributed by atoms with Gasteiger partial charge in [0, 0.05) is 19.6 Å². The second-order valence-electron chi connectivity index (χ2n) is 10.8. The van der Waals surface area contributed by atoms with Gasteiger partial charge in [-0.3, -0.25) is 19.9 Å². The number of rotatable bonds is 15. The summed E-state index contributed by atoms with van der Waals surface area (Å²) in [6.07, 6.45) is -2.81. The lowest BCUT2D eigenvalue weighted by molar-refractivity contribution is -0.192. The van der Waals surface area contributed by atoms with Gasteiger partial charge >= 0.3 is 18.2 Å². The Morgan fingerprint density at radius 3 is 1.88 bits per heavy atom. The van der Waals surface area contributed by atoms with Crippen molar-refractivity contribution in [3.63, 3.8) is 0 Å². The number of carboxylic acid groups (broad SMARTS) is 1. The Morgan fingerprint density at radius 2 is 1.36 bits per heavy atom. The monoisotopic (exact) mass is 701 g/mol. The van der Waals surface area contributed by atoms with Gasteiger partial charge in [0.2, 0.25) is 11.8 Å². The van der Waals surface area contributed by atoms with Crippen molar-refractivity contribution in [1.29, 1.82) is 0 Å². The summed E-state index contributed by atoms with van der Waals surface area (Å²) >= 11 is 0. The van der Waals surface area contributed by atoms with Gasteiger partial charge in [-0.15, -0.1) is 0 Å². The number of halogens is 3. The molecule has 0 saturated heterocycles. The lowest BCUT2D eigenvalue weighted by Crippen LogP contribution is -2.48. The zero-order chi connectivity index (χ0) is 36.9. The molecule has 4 amide bonds. The Morgan fingerprint density at radius 1 is 0.800 bits per heavy atom. The van der Waals surface area contributed by atoms with Crippen molar-refractivity contribution in [2.75, 3.05) is 19.6 Å². The van der Waals surface area contributed by atoms with E-state index in [1.54, 1.807) is 24.3 Å². The van der Waals surface area contributed by atoms with Crippen molar-refractivity contribution >= 4 is 29.8 Å². The molecule has 3 aromatic carbocycles. The third-order valence-corrected chi connectivity index (χ3v) is 6.90. The first kappa shape index (κ1) is 40.5. The van der Waals surface area contributed by atoms with Crippen LogP contribution in [-0.4, -0.2) is 71.8 Å². The molecule has 0 bridgehead atoms. The number of phenols is 1. The van der Waals surface area contributed by atoms with E-state index in [0.29, 0.717) is 19.5 Å². The molecule has 1 atom stereocenters. The first-order valence-corrected chi connectivity index (χ1v) is 15.6. The average Bonchev–Trinajstić information content (AvgIpc) is 3.08. The van der Waals surface area contributed by atoms with Crippen LogP contribution in [0.3, 0.4) is 0 Å². The number of aliphatic carboxylic acids is 1. The zero-order valence-electron chi connectivity index (χ0n) is 27.2. The number of nitrogens with one attached hydrogen (secondary N) is 4. The number of urea groups is 1. The van der Waals surface area contributed by atoms with Crippen LogP contribution < -0.4 is 32.7 Å². The number of guanidine groups is 1. The van der Waals surface area contributed by atoms with Crippen molar-refractivity contribution in [1.82, 2.24) is 21.3 Å². The van der Waals surface area contributed by atoms with Crippen molar-refractivity contribution < 1.29 is 42.6 Å². The molecule has 0 spiro atoms. The van der Waals surface area contributed by atoms with Gasteiger partial charge in [-0.25, -0.2) is 9.59 Å². The van der Waals surface area contributed by atoms with E-state index in [9.17, 15) is 32.7 Å². The van der Waals surface area contributed by atoms with Crippen LogP contribution in [0.1, 0.15) is 48.3 Å². The predicted octanol–water partition coefficient (Wildman–Crippen LogP) is 3.09. The molecule has 0 unspecified atom stereocenters. The average molecular weight is 702 g/mol. The zero-order valence-corrected chi connectivity index (χ0v) is 27.2. The van der Waals surface area contributed by atoms with Crippen molar-refractivity contribution in [3.8, 4) is 5.75 Å². The molecule has 0 radical (unpaired) electrons. The number of nitrogens with two attached hydrogens (primary N) is 2. The van der Waals surface area contributed by atoms with E-state index in [-0.39, 0.29) is 43.0 Å². The predicted molar refractivity (Wildman–Crippen MR) is 181 cm³/mol. The summed E-state index contributed by atoms with van der Waals surface area (Å²) in [6.45, 7) is 1.49. The number of amides is 4. The van der Waals surface area contributed by atoms with Gasteiger partial charge in [0.05, 0.1) is 5.92 Å². The molecule has 0 fully saturated rings. The lowest BCUT2D eigenvalue weighted by atomic mass is 9.90.